The molecule has 0 unspecified atom stereocenters. The van der Waals surface area contributed by atoms with Gasteiger partial charge in [-0.25, -0.2) is 0 Å². The van der Waals surface area contributed by atoms with Crippen LogP contribution in [0, 0.1) is 28.6 Å². The van der Waals surface area contributed by atoms with Crippen LogP contribution in [0.15, 0.2) is 0 Å². The Morgan fingerprint density at radius 3 is 2.32 bits per heavy atom. The second-order valence-electron chi connectivity index (χ2n) is 6.66. The number of nitriles is 1. The third kappa shape index (κ3) is 3.94. The van der Waals surface area contributed by atoms with Crippen molar-refractivity contribution in [2.45, 2.75) is 33.6 Å². The Morgan fingerprint density at radius 2 is 1.95 bits per heavy atom. The molecule has 1 saturated carbocycles. The number of hydrogen-bond donors (Lipinski definition) is 0. The average molecular weight is 265 g/mol. The Labute approximate surface area is 117 Å². The molecule has 1 amide bonds. The van der Waals surface area contributed by atoms with E-state index in [1.807, 2.05) is 19.0 Å². The van der Waals surface area contributed by atoms with Crippen LogP contribution in [0.1, 0.15) is 33.6 Å². The van der Waals surface area contributed by atoms with E-state index in [-0.39, 0.29) is 5.91 Å². The van der Waals surface area contributed by atoms with Crippen LogP contribution in [0.3, 0.4) is 0 Å². The molecule has 4 heteroatoms. The first-order valence-corrected chi connectivity index (χ1v) is 7.16. The number of hydrogen-bond acceptors (Lipinski definition) is 3. The predicted octanol–water partition coefficient (Wildman–Crippen LogP) is 1.97. The first-order valence-electron chi connectivity index (χ1n) is 7.16. The Kier molecular flexibility index (Phi) is 5.37. The fourth-order valence-electron chi connectivity index (χ4n) is 2.78. The highest BCUT2D eigenvalue weighted by molar-refractivity contribution is 5.86. The lowest BCUT2D eigenvalue weighted by molar-refractivity contribution is -0.146. The molecule has 19 heavy (non-hydrogen) atoms. The Bertz CT molecular complexity index is 351. The smallest absolute Gasteiger partial charge is 0.243 e. The van der Waals surface area contributed by atoms with Crippen molar-refractivity contribution in [1.29, 1.82) is 5.26 Å². The van der Waals surface area contributed by atoms with Gasteiger partial charge >= 0.3 is 0 Å². The quantitative estimate of drug-likeness (QED) is 0.737. The van der Waals surface area contributed by atoms with Crippen molar-refractivity contribution in [2.24, 2.45) is 17.3 Å². The fraction of sp³-hybridized carbons (Fsp3) is 0.867. The maximum atomic E-state index is 12.7. The van der Waals surface area contributed by atoms with Gasteiger partial charge in [-0.05, 0) is 38.8 Å². The highest BCUT2D eigenvalue weighted by Crippen LogP contribution is 2.46. The van der Waals surface area contributed by atoms with Gasteiger partial charge in [0.05, 0.1) is 6.07 Å². The summed E-state index contributed by atoms with van der Waals surface area (Å²) in [7, 11) is 4.01. The second kappa shape index (κ2) is 6.38. The molecule has 0 aliphatic heterocycles. The predicted molar refractivity (Wildman–Crippen MR) is 76.4 cm³/mol. The zero-order chi connectivity index (χ0) is 14.6. The Balaban J connectivity index is 2.73. The summed E-state index contributed by atoms with van der Waals surface area (Å²) < 4.78 is 0. The van der Waals surface area contributed by atoms with Crippen molar-refractivity contribution in [1.82, 2.24) is 9.80 Å². The molecule has 0 saturated heterocycles. The molecule has 0 aromatic rings. The van der Waals surface area contributed by atoms with Gasteiger partial charge in [0.2, 0.25) is 5.91 Å². The van der Waals surface area contributed by atoms with E-state index >= 15 is 0 Å². The molecule has 1 fully saturated rings. The SMILES string of the molecule is CC(C)CN(CCN(C)C)C(=O)C1(C#N)CC(C)C1. The van der Waals surface area contributed by atoms with Gasteiger partial charge < -0.3 is 9.80 Å². The van der Waals surface area contributed by atoms with Crippen molar-refractivity contribution < 1.29 is 4.79 Å². The molecular weight excluding hydrogens is 238 g/mol. The molecule has 0 radical (unpaired) electrons. The second-order valence-corrected chi connectivity index (χ2v) is 6.66. The van der Waals surface area contributed by atoms with Crippen molar-refractivity contribution in [3.8, 4) is 6.07 Å². The molecule has 4 nitrogen and oxygen atoms in total. The van der Waals surface area contributed by atoms with Crippen LogP contribution in [0.5, 0.6) is 0 Å². The molecule has 0 heterocycles. The maximum Gasteiger partial charge on any atom is 0.243 e. The molecule has 0 spiro atoms. The number of likely N-dealkylation sites (N-methyl/N-ethyl adjacent to an activating group) is 1. The number of carbonyl (C=O) groups is 1. The molecular formula is C15H27N3O. The number of carbonyl (C=O) groups excluding carboxylic acids is 1. The van der Waals surface area contributed by atoms with E-state index in [1.165, 1.54) is 0 Å². The van der Waals surface area contributed by atoms with Gasteiger partial charge in [-0.2, -0.15) is 5.26 Å². The van der Waals surface area contributed by atoms with E-state index in [4.69, 9.17) is 0 Å². The third-order valence-corrected chi connectivity index (χ3v) is 3.71. The normalized spacial score (nSPS) is 26.1. The van der Waals surface area contributed by atoms with Crippen LogP contribution in [0.25, 0.3) is 0 Å². The maximum absolute atomic E-state index is 12.7. The summed E-state index contributed by atoms with van der Waals surface area (Å²) >= 11 is 0. The van der Waals surface area contributed by atoms with E-state index in [1.54, 1.807) is 0 Å². The van der Waals surface area contributed by atoms with Crippen LogP contribution < -0.4 is 0 Å². The fourth-order valence-corrected chi connectivity index (χ4v) is 2.78. The van der Waals surface area contributed by atoms with Gasteiger partial charge in [0.15, 0.2) is 0 Å². The van der Waals surface area contributed by atoms with Crippen LogP contribution >= 0.6 is 0 Å². The number of nitrogens with zero attached hydrogens (tertiary/aromatic N) is 3. The lowest BCUT2D eigenvalue weighted by atomic mass is 9.62. The standard InChI is InChI=1S/C15H27N3O/c1-12(2)10-18(7-6-17(4)5)14(19)15(11-16)8-13(3)9-15/h12-13H,6-10H2,1-5H3. The molecule has 0 N–H and O–H groups in total. The first kappa shape index (κ1) is 16.0. The Hall–Kier alpha value is -1.08. The number of amides is 1. The van der Waals surface area contributed by atoms with Crippen LogP contribution in [0.4, 0.5) is 0 Å². The lowest BCUT2D eigenvalue weighted by Gasteiger charge is -2.43. The first-order chi connectivity index (χ1) is 8.80. The highest BCUT2D eigenvalue weighted by Gasteiger charge is 2.50. The van der Waals surface area contributed by atoms with E-state index in [0.29, 0.717) is 18.4 Å². The summed E-state index contributed by atoms with van der Waals surface area (Å²) in [5.41, 5.74) is -0.735. The van der Waals surface area contributed by atoms with E-state index in [9.17, 15) is 10.1 Å². The summed E-state index contributed by atoms with van der Waals surface area (Å²) in [6.07, 6.45) is 1.44. The summed E-state index contributed by atoms with van der Waals surface area (Å²) in [6.45, 7) is 8.62. The van der Waals surface area contributed by atoms with E-state index in [0.717, 1.165) is 25.9 Å². The third-order valence-electron chi connectivity index (χ3n) is 3.71. The topological polar surface area (TPSA) is 47.3 Å². The highest BCUT2D eigenvalue weighted by atomic mass is 16.2. The molecule has 108 valence electrons. The summed E-state index contributed by atoms with van der Waals surface area (Å²) in [5, 5.41) is 9.38. The lowest BCUT2D eigenvalue weighted by Crippen LogP contribution is -2.52. The largest absolute Gasteiger partial charge is 0.340 e. The van der Waals surface area contributed by atoms with E-state index < -0.39 is 5.41 Å². The minimum absolute atomic E-state index is 0.0450. The molecule has 0 aromatic heterocycles. The van der Waals surface area contributed by atoms with E-state index in [2.05, 4.69) is 31.7 Å². The Morgan fingerprint density at radius 1 is 1.37 bits per heavy atom. The van der Waals surface area contributed by atoms with Crippen molar-refractivity contribution >= 4 is 5.91 Å². The average Bonchev–Trinajstić information content (AvgIpc) is 2.28. The summed E-state index contributed by atoms with van der Waals surface area (Å²) in [6, 6.07) is 2.28. The monoisotopic (exact) mass is 265 g/mol. The van der Waals surface area contributed by atoms with Crippen LogP contribution in [-0.4, -0.2) is 49.4 Å². The van der Waals surface area contributed by atoms with Gasteiger partial charge in [0.1, 0.15) is 5.41 Å². The summed E-state index contributed by atoms with van der Waals surface area (Å²) in [5.74, 6) is 0.973. The zero-order valence-electron chi connectivity index (χ0n) is 12.9. The molecule has 0 bridgehead atoms. The van der Waals surface area contributed by atoms with Crippen molar-refractivity contribution in [3.05, 3.63) is 0 Å². The van der Waals surface area contributed by atoms with Crippen LogP contribution in [-0.2, 0) is 4.79 Å². The van der Waals surface area contributed by atoms with Crippen molar-refractivity contribution in [2.75, 3.05) is 33.7 Å². The van der Waals surface area contributed by atoms with Gasteiger partial charge in [0.25, 0.3) is 0 Å². The molecule has 1 aliphatic rings. The molecule has 0 atom stereocenters. The van der Waals surface area contributed by atoms with Gasteiger partial charge in [-0.3, -0.25) is 4.79 Å². The molecule has 1 rings (SSSR count). The van der Waals surface area contributed by atoms with Crippen LogP contribution in [0.2, 0.25) is 0 Å². The molecule has 0 aromatic carbocycles. The van der Waals surface area contributed by atoms with Crippen molar-refractivity contribution in [3.63, 3.8) is 0 Å². The van der Waals surface area contributed by atoms with Gasteiger partial charge in [-0.15, -0.1) is 0 Å². The van der Waals surface area contributed by atoms with Gasteiger partial charge in [0, 0.05) is 19.6 Å². The zero-order valence-corrected chi connectivity index (χ0v) is 12.9. The molecule has 1 aliphatic carbocycles. The minimum atomic E-state index is -0.735. The van der Waals surface area contributed by atoms with Gasteiger partial charge in [-0.1, -0.05) is 20.8 Å². The summed E-state index contributed by atoms with van der Waals surface area (Å²) in [4.78, 5) is 16.6. The minimum Gasteiger partial charge on any atom is -0.340 e. The number of rotatable bonds is 6.